The molecule has 1 aromatic heterocycles. The van der Waals surface area contributed by atoms with Crippen molar-refractivity contribution in [3.05, 3.63) is 88.0 Å². The first kappa shape index (κ1) is 23.3. The van der Waals surface area contributed by atoms with E-state index < -0.39 is 40.1 Å². The van der Waals surface area contributed by atoms with Crippen LogP contribution in [0, 0.1) is 24.4 Å². The standard InChI is InChI=1S/C25H15ClF3N5O2/c1-11-9-30-23(32-11)15-5-4-13(16-10-31-24(35)20(15)16)14-3-2-12(8-19(14)29)33-25(36)34-22-18(28)7-6-17(27)21(22)26/h2-10H,1H3,(H,30,32)(H2,33,34,36). The smallest absolute Gasteiger partial charge is 0.323 e. The van der Waals surface area contributed by atoms with Gasteiger partial charge in [-0.25, -0.2) is 27.9 Å². The zero-order valence-corrected chi connectivity index (χ0v) is 19.2. The van der Waals surface area contributed by atoms with Crippen molar-refractivity contribution in [1.82, 2.24) is 9.97 Å². The Morgan fingerprint density at radius 2 is 1.67 bits per heavy atom. The monoisotopic (exact) mass is 509 g/mol. The fraction of sp³-hybridized carbons (Fsp3) is 0.0400. The number of nitrogens with zero attached hydrogens (tertiary/aromatic N) is 2. The minimum absolute atomic E-state index is 0.0470. The predicted octanol–water partition coefficient (Wildman–Crippen LogP) is 6.34. The van der Waals surface area contributed by atoms with Crippen LogP contribution in [-0.2, 0) is 0 Å². The highest BCUT2D eigenvalue weighted by Crippen LogP contribution is 2.36. The van der Waals surface area contributed by atoms with Crippen LogP contribution in [0.4, 0.5) is 29.3 Å². The first-order valence-corrected chi connectivity index (χ1v) is 10.9. The van der Waals surface area contributed by atoms with Crippen LogP contribution in [0.2, 0.25) is 5.02 Å². The Labute approximate surface area is 207 Å². The number of anilines is 2. The van der Waals surface area contributed by atoms with Crippen molar-refractivity contribution in [2.45, 2.75) is 6.92 Å². The number of fused-ring (bicyclic) bond motifs is 1. The number of amides is 3. The molecule has 0 unspecified atom stereocenters. The normalized spacial score (nSPS) is 12.1. The van der Waals surface area contributed by atoms with Gasteiger partial charge < -0.3 is 15.6 Å². The topological polar surface area (TPSA) is 99.2 Å². The molecule has 0 aliphatic carbocycles. The lowest BCUT2D eigenvalue weighted by molar-refractivity contribution is 0.101. The van der Waals surface area contributed by atoms with Crippen LogP contribution in [0.25, 0.3) is 22.5 Å². The van der Waals surface area contributed by atoms with Gasteiger partial charge in [-0.1, -0.05) is 17.7 Å². The highest BCUT2D eigenvalue weighted by Gasteiger charge is 2.26. The Hall–Kier alpha value is -4.44. The van der Waals surface area contributed by atoms with Gasteiger partial charge in [0.1, 0.15) is 34.0 Å². The van der Waals surface area contributed by atoms with Crippen molar-refractivity contribution in [2.24, 2.45) is 4.99 Å². The van der Waals surface area contributed by atoms with E-state index in [-0.39, 0.29) is 11.3 Å². The van der Waals surface area contributed by atoms with E-state index in [0.29, 0.717) is 28.1 Å². The molecule has 1 aliphatic heterocycles. The molecule has 3 N–H and O–H groups in total. The van der Waals surface area contributed by atoms with Gasteiger partial charge in [-0.15, -0.1) is 0 Å². The van der Waals surface area contributed by atoms with Crippen LogP contribution in [0.1, 0.15) is 21.6 Å². The number of aromatic nitrogens is 2. The Kier molecular flexibility index (Phi) is 5.81. The average Bonchev–Trinajstić information content (AvgIpc) is 3.45. The van der Waals surface area contributed by atoms with Gasteiger partial charge in [0.2, 0.25) is 0 Å². The first-order chi connectivity index (χ1) is 17.2. The average molecular weight is 510 g/mol. The largest absolute Gasteiger partial charge is 0.342 e. The summed E-state index contributed by atoms with van der Waals surface area (Å²) in [6.45, 7) is 1.83. The molecule has 0 saturated carbocycles. The minimum Gasteiger partial charge on any atom is -0.342 e. The van der Waals surface area contributed by atoms with Crippen LogP contribution < -0.4 is 10.6 Å². The summed E-state index contributed by atoms with van der Waals surface area (Å²) < 4.78 is 42.6. The van der Waals surface area contributed by atoms with Gasteiger partial charge >= 0.3 is 6.03 Å². The van der Waals surface area contributed by atoms with E-state index in [1.54, 1.807) is 18.3 Å². The lowest BCUT2D eigenvalue weighted by Crippen LogP contribution is -2.20. The fourth-order valence-corrected chi connectivity index (χ4v) is 4.08. The third-order valence-electron chi connectivity index (χ3n) is 5.53. The second kappa shape index (κ2) is 8.97. The highest BCUT2D eigenvalue weighted by molar-refractivity contribution is 6.34. The number of hydrogen-bond donors (Lipinski definition) is 3. The van der Waals surface area contributed by atoms with Gasteiger partial charge in [-0.2, -0.15) is 0 Å². The summed E-state index contributed by atoms with van der Waals surface area (Å²) in [5.41, 5.74) is 2.20. The quantitative estimate of drug-likeness (QED) is 0.280. The molecule has 2 heterocycles. The minimum atomic E-state index is -0.953. The molecular formula is C25H15ClF3N5O2. The molecule has 0 saturated heterocycles. The second-order valence-corrected chi connectivity index (χ2v) is 8.30. The molecule has 3 aromatic carbocycles. The maximum atomic E-state index is 15.1. The number of aliphatic imine (C=N–C) groups is 1. The number of carbonyl (C=O) groups excluding carboxylic acids is 2. The van der Waals surface area contributed by atoms with Crippen LogP contribution in [0.15, 0.2) is 53.7 Å². The number of halogens is 4. The molecule has 0 fully saturated rings. The number of H-pyrrole nitrogens is 1. The highest BCUT2D eigenvalue weighted by atomic mass is 35.5. The van der Waals surface area contributed by atoms with Gasteiger partial charge in [-0.3, -0.25) is 4.79 Å². The van der Waals surface area contributed by atoms with E-state index in [0.717, 1.165) is 23.9 Å². The number of urea groups is 1. The number of aryl methyl sites for hydroxylation is 1. The summed E-state index contributed by atoms with van der Waals surface area (Å²) in [5, 5.41) is 3.87. The molecule has 0 bridgehead atoms. The van der Waals surface area contributed by atoms with Crippen LogP contribution in [-0.4, -0.2) is 28.1 Å². The van der Waals surface area contributed by atoms with Crippen molar-refractivity contribution in [3.63, 3.8) is 0 Å². The molecule has 0 radical (unpaired) electrons. The van der Waals surface area contributed by atoms with Crippen molar-refractivity contribution in [2.75, 3.05) is 10.6 Å². The number of hydrogen-bond acceptors (Lipinski definition) is 3. The van der Waals surface area contributed by atoms with Crippen molar-refractivity contribution in [1.29, 1.82) is 0 Å². The second-order valence-electron chi connectivity index (χ2n) is 7.92. The van der Waals surface area contributed by atoms with Gasteiger partial charge in [0.25, 0.3) is 5.91 Å². The SMILES string of the molecule is Cc1cnc(-c2ccc(-c3ccc(NC(=O)Nc4c(F)ccc(F)c4Cl)cc3F)c3c2C(=O)N=C3)[nH]1. The van der Waals surface area contributed by atoms with Crippen molar-refractivity contribution in [3.8, 4) is 22.5 Å². The lowest BCUT2D eigenvalue weighted by atomic mass is 9.92. The number of rotatable bonds is 4. The molecule has 3 amide bonds. The number of imidazole rings is 1. The molecule has 0 spiro atoms. The zero-order valence-electron chi connectivity index (χ0n) is 18.4. The third-order valence-corrected chi connectivity index (χ3v) is 5.90. The number of nitrogens with one attached hydrogen (secondary N) is 3. The summed E-state index contributed by atoms with van der Waals surface area (Å²) in [6.07, 6.45) is 3.01. The molecule has 4 aromatic rings. The molecule has 180 valence electrons. The fourth-order valence-electron chi connectivity index (χ4n) is 3.88. The predicted molar refractivity (Wildman–Crippen MR) is 130 cm³/mol. The van der Waals surface area contributed by atoms with E-state index in [4.69, 9.17) is 11.6 Å². The lowest BCUT2D eigenvalue weighted by Gasteiger charge is -2.13. The van der Waals surface area contributed by atoms with Crippen LogP contribution in [0.5, 0.6) is 0 Å². The summed E-state index contributed by atoms with van der Waals surface area (Å²) >= 11 is 5.71. The van der Waals surface area contributed by atoms with Crippen LogP contribution in [0.3, 0.4) is 0 Å². The number of carbonyl (C=O) groups is 2. The Bertz CT molecular complexity index is 1600. The van der Waals surface area contributed by atoms with Crippen molar-refractivity contribution >= 4 is 41.1 Å². The summed E-state index contributed by atoms with van der Waals surface area (Å²) in [5.74, 6) is -2.51. The van der Waals surface area contributed by atoms with E-state index >= 15 is 4.39 Å². The van der Waals surface area contributed by atoms with E-state index in [1.165, 1.54) is 18.3 Å². The third kappa shape index (κ3) is 4.11. The summed E-state index contributed by atoms with van der Waals surface area (Å²) in [7, 11) is 0. The van der Waals surface area contributed by atoms with Gasteiger partial charge in [0.05, 0.1) is 5.56 Å². The molecule has 0 atom stereocenters. The molecule has 36 heavy (non-hydrogen) atoms. The van der Waals surface area contributed by atoms with E-state index in [2.05, 4.69) is 25.6 Å². The van der Waals surface area contributed by atoms with E-state index in [9.17, 15) is 18.4 Å². The summed E-state index contributed by atoms with van der Waals surface area (Å²) in [6, 6.07) is 7.91. The van der Waals surface area contributed by atoms with Gasteiger partial charge in [-0.05, 0) is 48.9 Å². The molecule has 11 heteroatoms. The first-order valence-electron chi connectivity index (χ1n) is 10.5. The Balaban J connectivity index is 1.43. The summed E-state index contributed by atoms with van der Waals surface area (Å²) in [4.78, 5) is 36.0. The van der Waals surface area contributed by atoms with Crippen molar-refractivity contribution < 1.29 is 22.8 Å². The Morgan fingerprint density at radius 1 is 0.944 bits per heavy atom. The number of aromatic amines is 1. The van der Waals surface area contributed by atoms with Gasteiger partial charge in [0, 0.05) is 40.5 Å². The zero-order chi connectivity index (χ0) is 25.6. The number of benzene rings is 3. The van der Waals surface area contributed by atoms with Gasteiger partial charge in [0.15, 0.2) is 0 Å². The maximum absolute atomic E-state index is 15.1. The molecule has 7 nitrogen and oxygen atoms in total. The molecular weight excluding hydrogens is 495 g/mol. The van der Waals surface area contributed by atoms with Crippen LogP contribution >= 0.6 is 11.6 Å². The maximum Gasteiger partial charge on any atom is 0.323 e. The van der Waals surface area contributed by atoms with E-state index in [1.807, 2.05) is 6.92 Å². The molecule has 1 aliphatic rings. The molecule has 5 rings (SSSR count). The Morgan fingerprint density at radius 3 is 2.39 bits per heavy atom.